The minimum Gasteiger partial charge on any atom is -0.508 e. The number of phenolic OH excluding ortho intramolecular Hbond substituents is 1. The lowest BCUT2D eigenvalue weighted by Gasteiger charge is -2.07. The van der Waals surface area contributed by atoms with Gasteiger partial charge < -0.3 is 15.2 Å². The SMILES string of the molecule is CCCOc1ccnc(NCc2ccc(O)cc2)n1. The minimum atomic E-state index is 0.259. The molecule has 0 bridgehead atoms. The Hall–Kier alpha value is -2.30. The van der Waals surface area contributed by atoms with Crippen molar-refractivity contribution in [1.29, 1.82) is 0 Å². The average molecular weight is 259 g/mol. The van der Waals surface area contributed by atoms with Gasteiger partial charge in [0.1, 0.15) is 5.75 Å². The Bertz CT molecular complexity index is 514. The third kappa shape index (κ3) is 4.13. The van der Waals surface area contributed by atoms with Crippen LogP contribution in [-0.2, 0) is 6.54 Å². The van der Waals surface area contributed by atoms with Crippen LogP contribution in [0, 0.1) is 0 Å². The number of phenols is 1. The summed E-state index contributed by atoms with van der Waals surface area (Å²) in [5.41, 5.74) is 1.04. The summed E-state index contributed by atoms with van der Waals surface area (Å²) in [6.45, 7) is 3.29. The quantitative estimate of drug-likeness (QED) is 0.834. The molecule has 2 rings (SSSR count). The maximum Gasteiger partial charge on any atom is 0.226 e. The van der Waals surface area contributed by atoms with Gasteiger partial charge in [-0.05, 0) is 24.1 Å². The molecule has 0 radical (unpaired) electrons. The molecule has 0 saturated heterocycles. The zero-order valence-corrected chi connectivity index (χ0v) is 10.8. The van der Waals surface area contributed by atoms with Crippen LogP contribution in [0.15, 0.2) is 36.5 Å². The van der Waals surface area contributed by atoms with Crippen LogP contribution in [0.5, 0.6) is 11.6 Å². The number of ether oxygens (including phenoxy) is 1. The van der Waals surface area contributed by atoms with Crippen molar-refractivity contribution >= 4 is 5.95 Å². The fraction of sp³-hybridized carbons (Fsp3) is 0.286. The van der Waals surface area contributed by atoms with Crippen LogP contribution in [0.4, 0.5) is 5.95 Å². The molecule has 5 nitrogen and oxygen atoms in total. The van der Waals surface area contributed by atoms with E-state index in [-0.39, 0.29) is 5.75 Å². The molecule has 0 unspecified atom stereocenters. The smallest absolute Gasteiger partial charge is 0.226 e. The van der Waals surface area contributed by atoms with Crippen LogP contribution >= 0.6 is 0 Å². The topological polar surface area (TPSA) is 67.3 Å². The lowest BCUT2D eigenvalue weighted by atomic mass is 10.2. The number of aromatic hydroxyl groups is 1. The van der Waals surface area contributed by atoms with Crippen molar-refractivity contribution in [3.8, 4) is 11.6 Å². The van der Waals surface area contributed by atoms with Crippen LogP contribution in [0.2, 0.25) is 0 Å². The highest BCUT2D eigenvalue weighted by Gasteiger charge is 2.00. The van der Waals surface area contributed by atoms with Gasteiger partial charge in [-0.1, -0.05) is 19.1 Å². The van der Waals surface area contributed by atoms with Gasteiger partial charge in [-0.2, -0.15) is 4.98 Å². The Kier molecular flexibility index (Phi) is 4.55. The number of nitrogens with zero attached hydrogens (tertiary/aromatic N) is 2. The summed E-state index contributed by atoms with van der Waals surface area (Å²) < 4.78 is 5.44. The highest BCUT2D eigenvalue weighted by atomic mass is 16.5. The monoisotopic (exact) mass is 259 g/mol. The molecule has 0 atom stereocenters. The predicted octanol–water partition coefficient (Wildman–Crippen LogP) is 2.58. The third-order valence-corrected chi connectivity index (χ3v) is 2.47. The Morgan fingerprint density at radius 3 is 2.74 bits per heavy atom. The Morgan fingerprint density at radius 1 is 1.21 bits per heavy atom. The van der Waals surface area contributed by atoms with Crippen LogP contribution in [0.3, 0.4) is 0 Å². The first-order chi connectivity index (χ1) is 9.28. The average Bonchev–Trinajstić information content (AvgIpc) is 2.45. The molecule has 0 spiro atoms. The Morgan fingerprint density at radius 2 is 2.00 bits per heavy atom. The molecule has 5 heteroatoms. The number of rotatable bonds is 6. The van der Waals surface area contributed by atoms with Gasteiger partial charge in [0, 0.05) is 18.8 Å². The molecular formula is C14H17N3O2. The molecule has 19 heavy (non-hydrogen) atoms. The summed E-state index contributed by atoms with van der Waals surface area (Å²) in [4.78, 5) is 8.38. The van der Waals surface area contributed by atoms with Gasteiger partial charge in [0.05, 0.1) is 6.61 Å². The number of benzene rings is 1. The van der Waals surface area contributed by atoms with Crippen LogP contribution in [0.1, 0.15) is 18.9 Å². The standard InChI is InChI=1S/C14H17N3O2/c1-2-9-19-13-7-8-15-14(17-13)16-10-11-3-5-12(18)6-4-11/h3-8,18H,2,9-10H2,1H3,(H,15,16,17). The van der Waals surface area contributed by atoms with Crippen molar-refractivity contribution in [3.63, 3.8) is 0 Å². The van der Waals surface area contributed by atoms with E-state index in [9.17, 15) is 5.11 Å². The second kappa shape index (κ2) is 6.58. The predicted molar refractivity (Wildman–Crippen MR) is 73.3 cm³/mol. The number of nitrogens with one attached hydrogen (secondary N) is 1. The highest BCUT2D eigenvalue weighted by molar-refractivity contribution is 5.32. The summed E-state index contributed by atoms with van der Waals surface area (Å²) in [5, 5.41) is 12.3. The number of aromatic nitrogens is 2. The van der Waals surface area contributed by atoms with Crippen LogP contribution in [-0.4, -0.2) is 21.7 Å². The van der Waals surface area contributed by atoms with E-state index in [0.717, 1.165) is 12.0 Å². The third-order valence-electron chi connectivity index (χ3n) is 2.47. The first-order valence-electron chi connectivity index (χ1n) is 6.25. The molecule has 1 heterocycles. The lowest BCUT2D eigenvalue weighted by molar-refractivity contribution is 0.305. The molecule has 0 saturated carbocycles. The van der Waals surface area contributed by atoms with Crippen molar-refractivity contribution in [2.75, 3.05) is 11.9 Å². The molecule has 0 aliphatic carbocycles. The molecule has 100 valence electrons. The zero-order valence-electron chi connectivity index (χ0n) is 10.8. The summed E-state index contributed by atoms with van der Waals surface area (Å²) in [7, 11) is 0. The van der Waals surface area contributed by atoms with Gasteiger partial charge in [-0.3, -0.25) is 0 Å². The molecule has 1 aromatic carbocycles. The summed E-state index contributed by atoms with van der Waals surface area (Å²) in [6, 6.07) is 8.73. The van der Waals surface area contributed by atoms with E-state index >= 15 is 0 Å². The van der Waals surface area contributed by atoms with Crippen LogP contribution < -0.4 is 10.1 Å². The molecule has 0 aliphatic heterocycles. The molecular weight excluding hydrogens is 242 g/mol. The van der Waals surface area contributed by atoms with Crippen molar-refractivity contribution in [2.24, 2.45) is 0 Å². The van der Waals surface area contributed by atoms with Gasteiger partial charge in [0.15, 0.2) is 0 Å². The fourth-order valence-electron chi connectivity index (χ4n) is 1.51. The minimum absolute atomic E-state index is 0.259. The second-order valence-corrected chi connectivity index (χ2v) is 4.09. The van der Waals surface area contributed by atoms with E-state index in [1.54, 1.807) is 24.4 Å². The fourth-order valence-corrected chi connectivity index (χ4v) is 1.51. The van der Waals surface area contributed by atoms with Gasteiger partial charge >= 0.3 is 0 Å². The van der Waals surface area contributed by atoms with Crippen molar-refractivity contribution in [2.45, 2.75) is 19.9 Å². The van der Waals surface area contributed by atoms with Gasteiger partial charge in [0.25, 0.3) is 0 Å². The van der Waals surface area contributed by atoms with E-state index in [0.29, 0.717) is 25.0 Å². The second-order valence-electron chi connectivity index (χ2n) is 4.09. The van der Waals surface area contributed by atoms with E-state index in [1.165, 1.54) is 0 Å². The summed E-state index contributed by atoms with van der Waals surface area (Å²) in [6.07, 6.45) is 2.61. The van der Waals surface area contributed by atoms with Crippen LogP contribution in [0.25, 0.3) is 0 Å². The maximum atomic E-state index is 9.20. The van der Waals surface area contributed by atoms with Crippen molar-refractivity contribution in [1.82, 2.24) is 9.97 Å². The Balaban J connectivity index is 1.93. The first-order valence-corrected chi connectivity index (χ1v) is 6.25. The summed E-state index contributed by atoms with van der Waals surface area (Å²) in [5.74, 6) is 1.36. The molecule has 1 aromatic heterocycles. The molecule has 2 aromatic rings. The van der Waals surface area contributed by atoms with Crippen molar-refractivity contribution in [3.05, 3.63) is 42.1 Å². The molecule has 2 N–H and O–H groups in total. The van der Waals surface area contributed by atoms with Gasteiger partial charge in [-0.15, -0.1) is 0 Å². The number of hydrogen-bond acceptors (Lipinski definition) is 5. The normalized spacial score (nSPS) is 10.2. The first kappa shape index (κ1) is 13.1. The van der Waals surface area contributed by atoms with Gasteiger partial charge in [0.2, 0.25) is 11.8 Å². The van der Waals surface area contributed by atoms with E-state index in [2.05, 4.69) is 15.3 Å². The zero-order chi connectivity index (χ0) is 13.5. The maximum absolute atomic E-state index is 9.20. The van der Waals surface area contributed by atoms with Gasteiger partial charge in [-0.25, -0.2) is 4.98 Å². The Labute approximate surface area is 112 Å². The summed E-state index contributed by atoms with van der Waals surface area (Å²) >= 11 is 0. The lowest BCUT2D eigenvalue weighted by Crippen LogP contribution is -2.05. The van der Waals surface area contributed by atoms with Crippen molar-refractivity contribution < 1.29 is 9.84 Å². The molecule has 0 amide bonds. The number of anilines is 1. The highest BCUT2D eigenvalue weighted by Crippen LogP contribution is 2.12. The van der Waals surface area contributed by atoms with E-state index < -0.39 is 0 Å². The number of hydrogen-bond donors (Lipinski definition) is 2. The molecule has 0 fully saturated rings. The largest absolute Gasteiger partial charge is 0.508 e. The van der Waals surface area contributed by atoms with E-state index in [4.69, 9.17) is 4.74 Å². The van der Waals surface area contributed by atoms with E-state index in [1.807, 2.05) is 19.1 Å². The molecule has 0 aliphatic rings.